The molecule has 0 bridgehead atoms. The summed E-state index contributed by atoms with van der Waals surface area (Å²) in [4.78, 5) is 11.4. The van der Waals surface area contributed by atoms with Crippen molar-refractivity contribution in [2.24, 2.45) is 0 Å². The topological polar surface area (TPSA) is 38.3 Å². The molecule has 0 saturated carbocycles. The van der Waals surface area contributed by atoms with Crippen molar-refractivity contribution in [3.05, 3.63) is 35.1 Å². The lowest BCUT2D eigenvalue weighted by atomic mass is 10.1. The van der Waals surface area contributed by atoms with Crippen molar-refractivity contribution in [2.75, 3.05) is 6.54 Å². The Morgan fingerprint density at radius 3 is 2.65 bits per heavy atom. The number of hydrogen-bond acceptors (Lipinski definition) is 2. The van der Waals surface area contributed by atoms with Gasteiger partial charge >= 0.3 is 6.09 Å². The highest BCUT2D eigenvalue weighted by Gasteiger charge is 2.15. The normalized spacial score (nSPS) is 10.4. The first-order valence-corrected chi connectivity index (χ1v) is 6.49. The van der Waals surface area contributed by atoms with Gasteiger partial charge < -0.3 is 10.1 Å². The summed E-state index contributed by atoms with van der Waals surface area (Å²) in [6, 6.07) is 4.66. The Hall–Kier alpha value is -2.02. The third kappa shape index (κ3) is 6.79. The molecule has 20 heavy (non-hydrogen) atoms. The van der Waals surface area contributed by atoms with Crippen molar-refractivity contribution in [3.8, 4) is 11.8 Å². The Kier molecular flexibility index (Phi) is 5.57. The Morgan fingerprint density at radius 1 is 1.35 bits per heavy atom. The van der Waals surface area contributed by atoms with Gasteiger partial charge in [-0.2, -0.15) is 0 Å². The van der Waals surface area contributed by atoms with E-state index in [1.807, 2.05) is 13.0 Å². The van der Waals surface area contributed by atoms with Gasteiger partial charge in [-0.3, -0.25) is 0 Å². The number of amides is 1. The van der Waals surface area contributed by atoms with Crippen LogP contribution >= 0.6 is 0 Å². The molecule has 0 heterocycles. The van der Waals surface area contributed by atoms with Gasteiger partial charge in [-0.05, 0) is 51.5 Å². The molecular weight excluding hydrogens is 257 g/mol. The highest BCUT2D eigenvalue weighted by Crippen LogP contribution is 2.07. The minimum Gasteiger partial charge on any atom is -0.444 e. The molecule has 1 rings (SSSR count). The monoisotopic (exact) mass is 277 g/mol. The predicted octanol–water partition coefficient (Wildman–Crippen LogP) is 3.40. The third-order valence-corrected chi connectivity index (χ3v) is 2.19. The molecule has 1 N–H and O–H groups in total. The zero-order valence-corrected chi connectivity index (χ0v) is 12.3. The summed E-state index contributed by atoms with van der Waals surface area (Å²) >= 11 is 0. The molecule has 4 heteroatoms. The zero-order valence-electron chi connectivity index (χ0n) is 12.3. The molecule has 0 aliphatic rings. The van der Waals surface area contributed by atoms with Crippen LogP contribution in [0, 0.1) is 24.6 Å². The van der Waals surface area contributed by atoms with Crippen LogP contribution in [-0.2, 0) is 4.74 Å². The second-order valence-corrected chi connectivity index (χ2v) is 5.50. The fraction of sp³-hybridized carbons (Fsp3) is 0.438. The summed E-state index contributed by atoms with van der Waals surface area (Å²) in [5, 5.41) is 2.61. The van der Waals surface area contributed by atoms with E-state index in [2.05, 4.69) is 17.2 Å². The number of carbonyl (C=O) groups excluding carboxylic acids is 1. The van der Waals surface area contributed by atoms with Gasteiger partial charge in [-0.25, -0.2) is 9.18 Å². The van der Waals surface area contributed by atoms with E-state index in [0.29, 0.717) is 18.5 Å². The van der Waals surface area contributed by atoms with E-state index < -0.39 is 11.7 Å². The van der Waals surface area contributed by atoms with Crippen LogP contribution in [0.1, 0.15) is 38.3 Å². The van der Waals surface area contributed by atoms with Gasteiger partial charge in [0.1, 0.15) is 11.4 Å². The Balaban J connectivity index is 2.38. The Bertz CT molecular complexity index is 515. The molecule has 1 aromatic rings. The number of halogens is 1. The van der Waals surface area contributed by atoms with Crippen molar-refractivity contribution in [1.82, 2.24) is 5.32 Å². The first kappa shape index (κ1) is 16.0. The molecule has 0 aliphatic carbocycles. The SMILES string of the molecule is Cc1cc(F)cc(C#CCCNC(=O)OC(C)(C)C)c1. The van der Waals surface area contributed by atoms with Gasteiger partial charge in [0.25, 0.3) is 0 Å². The number of alkyl carbamates (subject to hydrolysis) is 1. The molecule has 0 unspecified atom stereocenters. The molecule has 0 spiro atoms. The van der Waals surface area contributed by atoms with Crippen molar-refractivity contribution in [2.45, 2.75) is 39.7 Å². The molecule has 0 aliphatic heterocycles. The minimum absolute atomic E-state index is 0.291. The van der Waals surface area contributed by atoms with Crippen LogP contribution in [0.15, 0.2) is 18.2 Å². The highest BCUT2D eigenvalue weighted by molar-refractivity contribution is 5.67. The van der Waals surface area contributed by atoms with Crippen molar-refractivity contribution in [3.63, 3.8) is 0 Å². The van der Waals surface area contributed by atoms with Gasteiger partial charge in [0, 0.05) is 18.5 Å². The number of benzene rings is 1. The van der Waals surface area contributed by atoms with E-state index in [1.165, 1.54) is 12.1 Å². The maximum atomic E-state index is 13.1. The maximum Gasteiger partial charge on any atom is 0.407 e. The maximum absolute atomic E-state index is 13.1. The largest absolute Gasteiger partial charge is 0.444 e. The number of carbonyl (C=O) groups is 1. The van der Waals surface area contributed by atoms with Gasteiger partial charge in [-0.15, -0.1) is 0 Å². The molecule has 1 amide bonds. The number of nitrogens with one attached hydrogen (secondary N) is 1. The summed E-state index contributed by atoms with van der Waals surface area (Å²) in [5.74, 6) is 5.46. The van der Waals surface area contributed by atoms with Crippen LogP contribution in [0.25, 0.3) is 0 Å². The minimum atomic E-state index is -0.505. The molecule has 0 saturated heterocycles. The lowest BCUT2D eigenvalue weighted by molar-refractivity contribution is 0.0529. The van der Waals surface area contributed by atoms with Gasteiger partial charge in [-0.1, -0.05) is 11.8 Å². The summed E-state index contributed by atoms with van der Waals surface area (Å²) in [6.07, 6.45) is 0.0235. The Labute approximate surface area is 119 Å². The molecule has 1 aromatic carbocycles. The van der Waals surface area contributed by atoms with Crippen LogP contribution in [0.4, 0.5) is 9.18 Å². The molecule has 0 radical (unpaired) electrons. The van der Waals surface area contributed by atoms with Gasteiger partial charge in [0.05, 0.1) is 0 Å². The van der Waals surface area contributed by atoms with Crippen LogP contribution in [0.3, 0.4) is 0 Å². The van der Waals surface area contributed by atoms with E-state index in [0.717, 1.165) is 5.56 Å². The zero-order chi connectivity index (χ0) is 15.2. The number of ether oxygens (including phenoxy) is 1. The summed E-state index contributed by atoms with van der Waals surface area (Å²) in [5.41, 5.74) is 0.968. The quantitative estimate of drug-likeness (QED) is 0.664. The third-order valence-electron chi connectivity index (χ3n) is 2.19. The molecule has 3 nitrogen and oxygen atoms in total. The average Bonchev–Trinajstić information content (AvgIpc) is 2.24. The molecule has 0 aromatic heterocycles. The van der Waals surface area contributed by atoms with Crippen LogP contribution in [0.5, 0.6) is 0 Å². The second kappa shape index (κ2) is 6.95. The van der Waals surface area contributed by atoms with Crippen LogP contribution in [-0.4, -0.2) is 18.2 Å². The smallest absolute Gasteiger partial charge is 0.407 e. The molecule has 108 valence electrons. The van der Waals surface area contributed by atoms with E-state index in [4.69, 9.17) is 4.74 Å². The fourth-order valence-electron chi connectivity index (χ4n) is 1.51. The molecule has 0 fully saturated rings. The number of rotatable bonds is 2. The first-order valence-electron chi connectivity index (χ1n) is 6.49. The summed E-state index contributed by atoms with van der Waals surface area (Å²) in [6.45, 7) is 7.63. The lowest BCUT2D eigenvalue weighted by Gasteiger charge is -2.19. The first-order chi connectivity index (χ1) is 9.26. The van der Waals surface area contributed by atoms with E-state index in [9.17, 15) is 9.18 Å². The van der Waals surface area contributed by atoms with Crippen LogP contribution < -0.4 is 5.32 Å². The van der Waals surface area contributed by atoms with Crippen molar-refractivity contribution < 1.29 is 13.9 Å². The average molecular weight is 277 g/mol. The molecule has 0 atom stereocenters. The summed E-state index contributed by atoms with van der Waals surface area (Å²) in [7, 11) is 0. The standard InChI is InChI=1S/C16H20FNO2/c1-12-9-13(11-14(17)10-12)7-5-6-8-18-15(19)20-16(2,3)4/h9-11H,6,8H2,1-4H3,(H,18,19). The van der Waals surface area contributed by atoms with E-state index >= 15 is 0 Å². The second-order valence-electron chi connectivity index (χ2n) is 5.50. The Morgan fingerprint density at radius 2 is 2.05 bits per heavy atom. The van der Waals surface area contributed by atoms with Crippen molar-refractivity contribution in [1.29, 1.82) is 0 Å². The number of hydrogen-bond donors (Lipinski definition) is 1. The van der Waals surface area contributed by atoms with E-state index in [1.54, 1.807) is 20.8 Å². The van der Waals surface area contributed by atoms with Gasteiger partial charge in [0.2, 0.25) is 0 Å². The molecular formula is C16H20FNO2. The van der Waals surface area contributed by atoms with E-state index in [-0.39, 0.29) is 5.82 Å². The predicted molar refractivity (Wildman–Crippen MR) is 76.9 cm³/mol. The van der Waals surface area contributed by atoms with Crippen molar-refractivity contribution >= 4 is 6.09 Å². The van der Waals surface area contributed by atoms with Crippen LogP contribution in [0.2, 0.25) is 0 Å². The lowest BCUT2D eigenvalue weighted by Crippen LogP contribution is -2.32. The highest BCUT2D eigenvalue weighted by atomic mass is 19.1. The fourth-order valence-corrected chi connectivity index (χ4v) is 1.51. The summed E-state index contributed by atoms with van der Waals surface area (Å²) < 4.78 is 18.2. The van der Waals surface area contributed by atoms with Gasteiger partial charge in [0.15, 0.2) is 0 Å². The number of aryl methyl sites for hydroxylation is 1.